The van der Waals surface area contributed by atoms with Crippen LogP contribution in [0.5, 0.6) is 0 Å². The Labute approximate surface area is 209 Å². The molecule has 10 heteroatoms. The topological polar surface area (TPSA) is 133 Å². The predicted octanol–water partition coefficient (Wildman–Crippen LogP) is 3.22. The quantitative estimate of drug-likeness (QED) is 0.389. The molecule has 1 aliphatic carbocycles. The standard InChI is InChI=1S/C26H22N4O5S/c27-23(32)21-18-12-6-7-13-19(18)36-24(21)28-20(31)14-35-26(34)22-16-10-4-5-11-17(16)25(33)30(29-22)15-8-2-1-3-9-15/h1-5,8-11H,6-7,12-14H2,(H2,27,32)(H,28,31). The molecule has 0 atom stereocenters. The number of nitrogens with two attached hydrogens (primary N) is 1. The van der Waals surface area contributed by atoms with Crippen molar-refractivity contribution in [2.75, 3.05) is 11.9 Å². The number of nitrogens with zero attached hydrogens (tertiary/aromatic N) is 2. The number of thiophene rings is 1. The molecule has 2 heterocycles. The highest BCUT2D eigenvalue weighted by atomic mass is 32.1. The SMILES string of the molecule is NC(=O)c1c(NC(=O)COC(=O)c2nn(-c3ccccc3)c(=O)c3ccccc23)sc2c1CCCC2. The first-order valence-corrected chi connectivity index (χ1v) is 12.2. The van der Waals surface area contributed by atoms with E-state index in [1.807, 2.05) is 0 Å². The maximum Gasteiger partial charge on any atom is 0.359 e. The van der Waals surface area contributed by atoms with Crippen molar-refractivity contribution in [1.82, 2.24) is 9.78 Å². The first kappa shape index (κ1) is 23.4. The highest BCUT2D eigenvalue weighted by Crippen LogP contribution is 2.37. The Hall–Kier alpha value is -4.31. The van der Waals surface area contributed by atoms with Gasteiger partial charge in [0, 0.05) is 10.3 Å². The average molecular weight is 503 g/mol. The van der Waals surface area contributed by atoms with E-state index < -0.39 is 24.4 Å². The molecule has 0 saturated carbocycles. The zero-order valence-electron chi connectivity index (χ0n) is 19.2. The Morgan fingerprint density at radius 2 is 1.69 bits per heavy atom. The number of anilines is 1. The number of esters is 1. The van der Waals surface area contributed by atoms with E-state index in [0.29, 0.717) is 27.0 Å². The summed E-state index contributed by atoms with van der Waals surface area (Å²) in [5.41, 5.74) is 6.82. The molecule has 36 heavy (non-hydrogen) atoms. The lowest BCUT2D eigenvalue weighted by Crippen LogP contribution is -2.27. The Balaban J connectivity index is 1.39. The highest BCUT2D eigenvalue weighted by Gasteiger charge is 2.26. The first-order valence-electron chi connectivity index (χ1n) is 11.4. The number of rotatable bonds is 6. The molecular weight excluding hydrogens is 480 g/mol. The summed E-state index contributed by atoms with van der Waals surface area (Å²) in [5, 5.41) is 7.91. The van der Waals surface area contributed by atoms with Crippen LogP contribution in [0.1, 0.15) is 44.1 Å². The molecule has 182 valence electrons. The lowest BCUT2D eigenvalue weighted by molar-refractivity contribution is -0.119. The summed E-state index contributed by atoms with van der Waals surface area (Å²) in [6, 6.07) is 15.3. The summed E-state index contributed by atoms with van der Waals surface area (Å²) in [6.45, 7) is -0.597. The van der Waals surface area contributed by atoms with Crippen LogP contribution in [0.15, 0.2) is 59.4 Å². The molecule has 4 aromatic rings. The second-order valence-electron chi connectivity index (χ2n) is 8.35. The maximum absolute atomic E-state index is 13.0. The van der Waals surface area contributed by atoms with E-state index in [2.05, 4.69) is 10.4 Å². The van der Waals surface area contributed by atoms with Crippen molar-refractivity contribution >= 4 is 44.9 Å². The van der Waals surface area contributed by atoms with Crippen LogP contribution < -0.4 is 16.6 Å². The third-order valence-electron chi connectivity index (χ3n) is 6.00. The van der Waals surface area contributed by atoms with Crippen molar-refractivity contribution in [2.24, 2.45) is 5.73 Å². The van der Waals surface area contributed by atoms with E-state index in [0.717, 1.165) is 40.8 Å². The number of carbonyl (C=O) groups is 3. The van der Waals surface area contributed by atoms with E-state index in [9.17, 15) is 19.2 Å². The van der Waals surface area contributed by atoms with Gasteiger partial charge in [-0.1, -0.05) is 36.4 Å². The number of nitrogens with one attached hydrogen (secondary N) is 1. The van der Waals surface area contributed by atoms with Gasteiger partial charge in [0.25, 0.3) is 17.4 Å². The molecule has 0 fully saturated rings. The van der Waals surface area contributed by atoms with Crippen LogP contribution in [-0.2, 0) is 22.4 Å². The molecule has 0 radical (unpaired) electrons. The summed E-state index contributed by atoms with van der Waals surface area (Å²) < 4.78 is 6.40. The zero-order chi connectivity index (χ0) is 25.2. The monoisotopic (exact) mass is 502 g/mol. The second-order valence-corrected chi connectivity index (χ2v) is 9.46. The van der Waals surface area contributed by atoms with Gasteiger partial charge >= 0.3 is 5.97 Å². The van der Waals surface area contributed by atoms with Crippen molar-refractivity contribution < 1.29 is 19.1 Å². The van der Waals surface area contributed by atoms with Gasteiger partial charge in [0.05, 0.1) is 16.6 Å². The number of para-hydroxylation sites is 1. The summed E-state index contributed by atoms with van der Waals surface area (Å²) in [7, 11) is 0. The van der Waals surface area contributed by atoms with Crippen LogP contribution in [0.3, 0.4) is 0 Å². The van der Waals surface area contributed by atoms with Crippen molar-refractivity contribution in [2.45, 2.75) is 25.7 Å². The van der Waals surface area contributed by atoms with Crippen LogP contribution >= 0.6 is 11.3 Å². The van der Waals surface area contributed by atoms with Crippen molar-refractivity contribution in [1.29, 1.82) is 0 Å². The van der Waals surface area contributed by atoms with Crippen molar-refractivity contribution in [3.63, 3.8) is 0 Å². The summed E-state index contributed by atoms with van der Waals surface area (Å²) in [4.78, 5) is 51.7. The fourth-order valence-electron chi connectivity index (χ4n) is 4.36. The van der Waals surface area contributed by atoms with Gasteiger partial charge in [-0.3, -0.25) is 14.4 Å². The normalized spacial score (nSPS) is 12.7. The summed E-state index contributed by atoms with van der Waals surface area (Å²) in [5.74, 6) is -2.06. The highest BCUT2D eigenvalue weighted by molar-refractivity contribution is 7.17. The fourth-order valence-corrected chi connectivity index (χ4v) is 5.67. The second kappa shape index (κ2) is 9.74. The van der Waals surface area contributed by atoms with E-state index in [1.54, 1.807) is 54.6 Å². The largest absolute Gasteiger partial charge is 0.451 e. The lowest BCUT2D eigenvalue weighted by Gasteiger charge is -2.11. The smallest absolute Gasteiger partial charge is 0.359 e. The zero-order valence-corrected chi connectivity index (χ0v) is 20.0. The van der Waals surface area contributed by atoms with E-state index >= 15 is 0 Å². The van der Waals surface area contributed by atoms with Crippen molar-refractivity contribution in [3.8, 4) is 5.69 Å². The summed E-state index contributed by atoms with van der Waals surface area (Å²) in [6.07, 6.45) is 3.55. The minimum Gasteiger partial charge on any atom is -0.451 e. The molecular formula is C26H22N4O5S. The Kier molecular flexibility index (Phi) is 6.34. The van der Waals surface area contributed by atoms with Gasteiger partial charge in [-0.25, -0.2) is 4.79 Å². The van der Waals surface area contributed by atoms with Gasteiger partial charge in [0.1, 0.15) is 5.00 Å². The van der Waals surface area contributed by atoms with Crippen LogP contribution in [0.4, 0.5) is 5.00 Å². The fraction of sp³-hybridized carbons (Fsp3) is 0.192. The molecule has 2 aromatic carbocycles. The van der Waals surface area contributed by atoms with Gasteiger partial charge in [0.2, 0.25) is 0 Å². The molecule has 1 aliphatic rings. The minimum absolute atomic E-state index is 0.0914. The van der Waals surface area contributed by atoms with E-state index in [-0.39, 0.29) is 11.3 Å². The molecule has 0 unspecified atom stereocenters. The maximum atomic E-state index is 13.0. The molecule has 3 N–H and O–H groups in total. The van der Waals surface area contributed by atoms with Crippen LogP contribution in [0, 0.1) is 0 Å². The molecule has 0 bridgehead atoms. The predicted molar refractivity (Wildman–Crippen MR) is 136 cm³/mol. The lowest BCUT2D eigenvalue weighted by atomic mass is 9.95. The Bertz CT molecular complexity index is 1560. The minimum atomic E-state index is -0.855. The number of hydrogen-bond donors (Lipinski definition) is 2. The molecule has 0 spiro atoms. The van der Waals surface area contributed by atoms with Crippen LogP contribution in [0.2, 0.25) is 0 Å². The van der Waals surface area contributed by atoms with Crippen LogP contribution in [-0.4, -0.2) is 34.2 Å². The number of hydrogen-bond acceptors (Lipinski definition) is 7. The molecule has 2 aromatic heterocycles. The van der Waals surface area contributed by atoms with E-state index in [1.165, 1.54) is 11.3 Å². The third kappa shape index (κ3) is 4.38. The number of aryl methyl sites for hydroxylation is 1. The number of primary amides is 1. The van der Waals surface area contributed by atoms with Gasteiger partial charge in [-0.15, -0.1) is 11.3 Å². The van der Waals surface area contributed by atoms with Gasteiger partial charge < -0.3 is 15.8 Å². The number of ether oxygens (including phenoxy) is 1. The Morgan fingerprint density at radius 1 is 1.00 bits per heavy atom. The number of carbonyl (C=O) groups excluding carboxylic acids is 3. The number of fused-ring (bicyclic) bond motifs is 2. The molecule has 0 aliphatic heterocycles. The van der Waals surface area contributed by atoms with Gasteiger partial charge in [-0.2, -0.15) is 9.78 Å². The molecule has 2 amide bonds. The van der Waals surface area contributed by atoms with Crippen LogP contribution in [0.25, 0.3) is 16.5 Å². The molecule has 9 nitrogen and oxygen atoms in total. The van der Waals surface area contributed by atoms with Gasteiger partial charge in [0.15, 0.2) is 12.3 Å². The molecule has 5 rings (SSSR count). The Morgan fingerprint density at radius 3 is 2.44 bits per heavy atom. The van der Waals surface area contributed by atoms with E-state index in [4.69, 9.17) is 10.5 Å². The average Bonchev–Trinajstić information content (AvgIpc) is 3.26. The number of amides is 2. The first-order chi connectivity index (χ1) is 17.4. The van der Waals surface area contributed by atoms with Gasteiger partial charge in [-0.05, 0) is 49.4 Å². The third-order valence-corrected chi connectivity index (χ3v) is 7.21. The molecule has 0 saturated heterocycles. The van der Waals surface area contributed by atoms with Crippen molar-refractivity contribution in [3.05, 3.63) is 86.6 Å². The number of aromatic nitrogens is 2. The summed E-state index contributed by atoms with van der Waals surface area (Å²) >= 11 is 1.33. The number of benzene rings is 2.